The van der Waals surface area contributed by atoms with Crippen LogP contribution in [-0.2, 0) is 29.0 Å². The van der Waals surface area contributed by atoms with Gasteiger partial charge in [-0.3, -0.25) is 9.59 Å². The number of nitrogens with one attached hydrogen (secondary N) is 1. The second-order valence-electron chi connectivity index (χ2n) is 8.28. The van der Waals surface area contributed by atoms with Crippen LogP contribution in [0.4, 0.5) is 0 Å². The Morgan fingerprint density at radius 2 is 1.69 bits per heavy atom. The summed E-state index contributed by atoms with van der Waals surface area (Å²) in [6.45, 7) is 2.71. The van der Waals surface area contributed by atoms with Crippen molar-refractivity contribution in [3.8, 4) is 5.75 Å². The molecule has 2 amide bonds. The van der Waals surface area contributed by atoms with E-state index in [1.807, 2.05) is 61.5 Å². The number of rotatable bonds is 11. The monoisotopic (exact) mass is 512 g/mol. The molecule has 0 aliphatic rings. The zero-order valence-corrected chi connectivity index (χ0v) is 21.5. The van der Waals surface area contributed by atoms with E-state index in [0.717, 1.165) is 23.1 Å². The minimum Gasteiger partial charge on any atom is -0.497 e. The van der Waals surface area contributed by atoms with Crippen LogP contribution in [0.3, 0.4) is 0 Å². The number of carbonyl (C=O) groups excluding carboxylic acids is 2. The standard InChI is InChI=1S/C28H30Cl2N2O3/c1-3-15-31-28(34)26(16-20-7-5-4-6-8-20)32(19-22-11-12-23(29)18-25(22)30)27(33)17-21-9-13-24(35-2)14-10-21/h4-14,18,26H,3,15-17,19H2,1-2H3,(H,31,34). The molecule has 3 aromatic rings. The molecule has 3 aromatic carbocycles. The summed E-state index contributed by atoms with van der Waals surface area (Å²) in [6.07, 6.45) is 1.32. The fraction of sp³-hybridized carbons (Fsp3) is 0.286. The molecule has 184 valence electrons. The van der Waals surface area contributed by atoms with Crippen molar-refractivity contribution in [2.24, 2.45) is 0 Å². The first-order chi connectivity index (χ1) is 16.9. The second kappa shape index (κ2) is 13.2. The van der Waals surface area contributed by atoms with Crippen molar-refractivity contribution in [1.82, 2.24) is 10.2 Å². The van der Waals surface area contributed by atoms with Gasteiger partial charge in [0.25, 0.3) is 0 Å². The second-order valence-corrected chi connectivity index (χ2v) is 9.12. The van der Waals surface area contributed by atoms with Gasteiger partial charge < -0.3 is 15.0 Å². The zero-order valence-electron chi connectivity index (χ0n) is 20.0. The van der Waals surface area contributed by atoms with Crippen molar-refractivity contribution in [1.29, 1.82) is 0 Å². The van der Waals surface area contributed by atoms with Gasteiger partial charge in [-0.15, -0.1) is 0 Å². The number of amides is 2. The predicted octanol–water partition coefficient (Wildman–Crippen LogP) is 5.71. The maximum Gasteiger partial charge on any atom is 0.243 e. The third kappa shape index (κ3) is 7.74. The van der Waals surface area contributed by atoms with E-state index >= 15 is 0 Å². The average molecular weight is 513 g/mol. The first-order valence-electron chi connectivity index (χ1n) is 11.6. The lowest BCUT2D eigenvalue weighted by atomic mass is 10.0. The molecule has 0 aromatic heterocycles. The third-order valence-electron chi connectivity index (χ3n) is 5.69. The first-order valence-corrected chi connectivity index (χ1v) is 12.3. The maximum atomic E-state index is 13.7. The molecule has 0 aliphatic carbocycles. The van der Waals surface area contributed by atoms with E-state index < -0.39 is 6.04 Å². The minimum absolute atomic E-state index is 0.140. The Kier molecular flexibility index (Phi) is 10.0. The van der Waals surface area contributed by atoms with E-state index in [0.29, 0.717) is 28.8 Å². The molecule has 7 heteroatoms. The smallest absolute Gasteiger partial charge is 0.243 e. The maximum absolute atomic E-state index is 13.7. The van der Waals surface area contributed by atoms with Crippen LogP contribution in [0, 0.1) is 0 Å². The molecule has 0 aliphatic heterocycles. The lowest BCUT2D eigenvalue weighted by Crippen LogP contribution is -2.51. The number of nitrogens with zero attached hydrogens (tertiary/aromatic N) is 1. The van der Waals surface area contributed by atoms with Crippen LogP contribution in [-0.4, -0.2) is 36.4 Å². The Morgan fingerprint density at radius 1 is 0.971 bits per heavy atom. The van der Waals surface area contributed by atoms with Gasteiger partial charge in [0.15, 0.2) is 0 Å². The highest BCUT2D eigenvalue weighted by Crippen LogP contribution is 2.25. The SMILES string of the molecule is CCCNC(=O)C(Cc1ccccc1)N(Cc1ccc(Cl)cc1Cl)C(=O)Cc1ccc(OC)cc1. The number of halogens is 2. The molecule has 0 saturated carbocycles. The van der Waals surface area contributed by atoms with Crippen molar-refractivity contribution in [2.75, 3.05) is 13.7 Å². The van der Waals surface area contributed by atoms with Gasteiger partial charge in [-0.25, -0.2) is 0 Å². The summed E-state index contributed by atoms with van der Waals surface area (Å²) in [6, 6.07) is 21.5. The van der Waals surface area contributed by atoms with Gasteiger partial charge in [0.1, 0.15) is 11.8 Å². The molecular weight excluding hydrogens is 483 g/mol. The van der Waals surface area contributed by atoms with Crippen LogP contribution in [0.5, 0.6) is 5.75 Å². The Labute approximate surface area is 217 Å². The summed E-state index contributed by atoms with van der Waals surface area (Å²) in [7, 11) is 1.60. The topological polar surface area (TPSA) is 58.6 Å². The van der Waals surface area contributed by atoms with Crippen molar-refractivity contribution < 1.29 is 14.3 Å². The summed E-state index contributed by atoms with van der Waals surface area (Å²) in [5, 5.41) is 3.93. The van der Waals surface area contributed by atoms with Crippen LogP contribution in [0.25, 0.3) is 0 Å². The quantitative estimate of drug-likeness (QED) is 0.357. The summed E-state index contributed by atoms with van der Waals surface area (Å²) in [4.78, 5) is 28.7. The largest absolute Gasteiger partial charge is 0.497 e. The number of hydrogen-bond acceptors (Lipinski definition) is 3. The Hall–Kier alpha value is -3.02. The molecule has 1 atom stereocenters. The van der Waals surface area contributed by atoms with Crippen molar-refractivity contribution in [2.45, 2.75) is 38.8 Å². The molecule has 1 N–H and O–H groups in total. The van der Waals surface area contributed by atoms with Crippen LogP contribution in [0.1, 0.15) is 30.0 Å². The highest BCUT2D eigenvalue weighted by molar-refractivity contribution is 6.35. The van der Waals surface area contributed by atoms with E-state index in [2.05, 4.69) is 5.32 Å². The van der Waals surface area contributed by atoms with Gasteiger partial charge in [0.05, 0.1) is 13.5 Å². The van der Waals surface area contributed by atoms with E-state index in [-0.39, 0.29) is 24.8 Å². The van der Waals surface area contributed by atoms with Crippen LogP contribution in [0.2, 0.25) is 10.0 Å². The lowest BCUT2D eigenvalue weighted by Gasteiger charge is -2.32. The van der Waals surface area contributed by atoms with Crippen molar-refractivity contribution in [3.05, 3.63) is 99.5 Å². The fourth-order valence-electron chi connectivity index (χ4n) is 3.77. The van der Waals surface area contributed by atoms with E-state index in [1.165, 1.54) is 0 Å². The van der Waals surface area contributed by atoms with Crippen LogP contribution in [0.15, 0.2) is 72.8 Å². The van der Waals surface area contributed by atoms with Gasteiger partial charge in [-0.1, -0.05) is 78.7 Å². The predicted molar refractivity (Wildman–Crippen MR) is 141 cm³/mol. The number of ether oxygens (including phenoxy) is 1. The van der Waals surface area contributed by atoms with E-state index in [9.17, 15) is 9.59 Å². The lowest BCUT2D eigenvalue weighted by molar-refractivity contribution is -0.140. The molecule has 0 radical (unpaired) electrons. The number of carbonyl (C=O) groups is 2. The summed E-state index contributed by atoms with van der Waals surface area (Å²) >= 11 is 12.5. The fourth-order valence-corrected chi connectivity index (χ4v) is 4.24. The molecule has 0 heterocycles. The number of hydrogen-bond donors (Lipinski definition) is 1. The van der Waals surface area contributed by atoms with Gasteiger partial charge in [-0.2, -0.15) is 0 Å². The first kappa shape index (κ1) is 26.6. The van der Waals surface area contributed by atoms with Crippen molar-refractivity contribution in [3.63, 3.8) is 0 Å². The van der Waals surface area contributed by atoms with Crippen LogP contribution >= 0.6 is 23.2 Å². The van der Waals surface area contributed by atoms with E-state index in [4.69, 9.17) is 27.9 Å². The normalized spacial score (nSPS) is 11.5. The molecule has 0 saturated heterocycles. The molecule has 0 fully saturated rings. The minimum atomic E-state index is -0.707. The zero-order chi connectivity index (χ0) is 25.2. The molecule has 5 nitrogen and oxygen atoms in total. The van der Waals surface area contributed by atoms with Gasteiger partial charge in [0, 0.05) is 29.6 Å². The Morgan fingerprint density at radius 3 is 2.31 bits per heavy atom. The average Bonchev–Trinajstić information content (AvgIpc) is 2.86. The summed E-state index contributed by atoms with van der Waals surface area (Å²) in [5.41, 5.74) is 2.52. The molecule has 0 bridgehead atoms. The third-order valence-corrected chi connectivity index (χ3v) is 6.28. The molecule has 3 rings (SSSR count). The van der Waals surface area contributed by atoms with Crippen LogP contribution < -0.4 is 10.1 Å². The number of methoxy groups -OCH3 is 1. The number of benzene rings is 3. The molecular formula is C28H30Cl2N2O3. The molecule has 35 heavy (non-hydrogen) atoms. The van der Waals surface area contributed by atoms with Gasteiger partial charge in [0.2, 0.25) is 11.8 Å². The van der Waals surface area contributed by atoms with Crippen molar-refractivity contribution >= 4 is 35.0 Å². The molecule has 0 spiro atoms. The van der Waals surface area contributed by atoms with Gasteiger partial charge in [-0.05, 0) is 47.4 Å². The Balaban J connectivity index is 1.96. The van der Waals surface area contributed by atoms with Gasteiger partial charge >= 0.3 is 0 Å². The highest BCUT2D eigenvalue weighted by Gasteiger charge is 2.30. The highest BCUT2D eigenvalue weighted by atomic mass is 35.5. The van der Waals surface area contributed by atoms with E-state index in [1.54, 1.807) is 30.2 Å². The summed E-state index contributed by atoms with van der Waals surface area (Å²) in [5.74, 6) is 0.351. The molecule has 1 unspecified atom stereocenters. The Bertz CT molecular complexity index is 1120. The summed E-state index contributed by atoms with van der Waals surface area (Å²) < 4.78 is 5.22.